The highest BCUT2D eigenvalue weighted by molar-refractivity contribution is 8.00. The van der Waals surface area contributed by atoms with Gasteiger partial charge in [-0.05, 0) is 43.3 Å². The molecule has 0 heterocycles. The molecule has 0 radical (unpaired) electrons. The molecule has 0 unspecified atom stereocenters. The Balaban J connectivity index is 1.80. The predicted octanol–water partition coefficient (Wildman–Crippen LogP) is 2.99. The van der Waals surface area contributed by atoms with Gasteiger partial charge in [-0.15, -0.1) is 11.8 Å². The maximum atomic E-state index is 13.5. The molecule has 2 aromatic carbocycles. The highest BCUT2D eigenvalue weighted by atomic mass is 32.2. The number of carbonyl (C=O) groups is 3. The quantitative estimate of drug-likeness (QED) is 0.518. The van der Waals surface area contributed by atoms with Crippen molar-refractivity contribution in [1.82, 2.24) is 5.32 Å². The summed E-state index contributed by atoms with van der Waals surface area (Å²) >= 11 is 0.769. The van der Waals surface area contributed by atoms with Crippen molar-refractivity contribution in [3.63, 3.8) is 0 Å². The summed E-state index contributed by atoms with van der Waals surface area (Å²) in [4.78, 5) is 35.3. The highest BCUT2D eigenvalue weighted by Gasteiger charge is 2.12. The van der Waals surface area contributed by atoms with Gasteiger partial charge in [-0.3, -0.25) is 14.4 Å². The van der Waals surface area contributed by atoms with Crippen LogP contribution in [0, 0.1) is 11.6 Å². The van der Waals surface area contributed by atoms with E-state index >= 15 is 0 Å². The summed E-state index contributed by atoms with van der Waals surface area (Å²) in [6.07, 6.45) is 0. The summed E-state index contributed by atoms with van der Waals surface area (Å²) in [5.41, 5.74) is 0.756. The van der Waals surface area contributed by atoms with Gasteiger partial charge in [0, 0.05) is 22.7 Å². The van der Waals surface area contributed by atoms with E-state index in [4.69, 9.17) is 4.74 Å². The summed E-state index contributed by atoms with van der Waals surface area (Å²) in [7, 11) is 0. The first kappa shape index (κ1) is 21.4. The number of amides is 2. The fourth-order valence-electron chi connectivity index (χ4n) is 2.11. The van der Waals surface area contributed by atoms with E-state index < -0.39 is 30.1 Å². The summed E-state index contributed by atoms with van der Waals surface area (Å²) < 4.78 is 31.4. The molecule has 0 bridgehead atoms. The lowest BCUT2D eigenvalue weighted by molar-refractivity contribution is -0.144. The van der Waals surface area contributed by atoms with Crippen molar-refractivity contribution in [1.29, 1.82) is 0 Å². The summed E-state index contributed by atoms with van der Waals surface area (Å²) in [5, 5.41) is 5.16. The zero-order valence-corrected chi connectivity index (χ0v) is 15.8. The Morgan fingerprint density at radius 1 is 1.11 bits per heavy atom. The van der Waals surface area contributed by atoms with Crippen molar-refractivity contribution in [2.75, 3.05) is 24.2 Å². The van der Waals surface area contributed by atoms with E-state index in [0.717, 1.165) is 30.0 Å². The molecular weight excluding hydrogens is 390 g/mol. The maximum absolute atomic E-state index is 13.5. The van der Waals surface area contributed by atoms with Gasteiger partial charge < -0.3 is 15.4 Å². The number of rotatable bonds is 8. The second kappa shape index (κ2) is 10.4. The maximum Gasteiger partial charge on any atom is 0.316 e. The van der Waals surface area contributed by atoms with Crippen molar-refractivity contribution in [2.24, 2.45) is 0 Å². The van der Waals surface area contributed by atoms with Crippen molar-refractivity contribution < 1.29 is 27.9 Å². The number of carbonyl (C=O) groups excluding carboxylic acids is 3. The molecule has 0 fully saturated rings. The topological polar surface area (TPSA) is 84.5 Å². The van der Waals surface area contributed by atoms with Crippen LogP contribution in [0.15, 0.2) is 47.4 Å². The molecule has 2 aromatic rings. The second-order valence-electron chi connectivity index (χ2n) is 5.51. The molecule has 2 N–H and O–H groups in total. The molecule has 0 aliphatic rings. The fraction of sp³-hybridized carbons (Fsp3) is 0.211. The Kier molecular flexibility index (Phi) is 7.94. The molecule has 0 aliphatic carbocycles. The number of halogens is 2. The standard InChI is InChI=1S/C19H18F2N2O4S/c1-2-22-19(26)12-4-3-5-14(8-12)23-17(24)10-27-18(25)11-28-16-9-13(20)6-7-15(16)21/h3-9H,2,10-11H2,1H3,(H,22,26)(H,23,24). The zero-order valence-electron chi connectivity index (χ0n) is 15.0. The van der Waals surface area contributed by atoms with Gasteiger partial charge in [0.25, 0.3) is 11.8 Å². The first-order valence-corrected chi connectivity index (χ1v) is 9.29. The van der Waals surface area contributed by atoms with Crippen LogP contribution >= 0.6 is 11.8 Å². The van der Waals surface area contributed by atoms with Gasteiger partial charge in [-0.25, -0.2) is 8.78 Å². The van der Waals surface area contributed by atoms with E-state index in [1.54, 1.807) is 25.1 Å². The van der Waals surface area contributed by atoms with Crippen molar-refractivity contribution in [3.05, 3.63) is 59.7 Å². The molecule has 0 saturated carbocycles. The lowest BCUT2D eigenvalue weighted by Crippen LogP contribution is -2.24. The van der Waals surface area contributed by atoms with Crippen LogP contribution in [0.2, 0.25) is 0 Å². The molecule has 148 valence electrons. The van der Waals surface area contributed by atoms with Gasteiger partial charge in [0.05, 0.1) is 5.75 Å². The van der Waals surface area contributed by atoms with Crippen LogP contribution in [-0.2, 0) is 14.3 Å². The van der Waals surface area contributed by atoms with Crippen molar-refractivity contribution in [3.8, 4) is 0 Å². The zero-order chi connectivity index (χ0) is 20.5. The van der Waals surface area contributed by atoms with Gasteiger partial charge >= 0.3 is 5.97 Å². The minimum Gasteiger partial charge on any atom is -0.455 e. The van der Waals surface area contributed by atoms with Gasteiger partial charge in [-0.1, -0.05) is 6.07 Å². The fourth-order valence-corrected chi connectivity index (χ4v) is 2.87. The summed E-state index contributed by atoms with van der Waals surface area (Å²) in [6, 6.07) is 9.20. The lowest BCUT2D eigenvalue weighted by Gasteiger charge is -2.08. The Morgan fingerprint density at radius 2 is 1.89 bits per heavy atom. The van der Waals surface area contributed by atoms with E-state index in [0.29, 0.717) is 17.8 Å². The van der Waals surface area contributed by atoms with E-state index in [1.165, 1.54) is 6.07 Å². The third-order valence-electron chi connectivity index (χ3n) is 3.35. The van der Waals surface area contributed by atoms with E-state index in [9.17, 15) is 23.2 Å². The third-order valence-corrected chi connectivity index (χ3v) is 4.35. The monoisotopic (exact) mass is 408 g/mol. The second-order valence-corrected chi connectivity index (χ2v) is 6.53. The molecule has 28 heavy (non-hydrogen) atoms. The summed E-state index contributed by atoms with van der Waals surface area (Å²) in [6.45, 7) is 1.72. The SMILES string of the molecule is CCNC(=O)c1cccc(NC(=O)COC(=O)CSc2cc(F)ccc2F)c1. The number of hydrogen-bond acceptors (Lipinski definition) is 5. The van der Waals surface area contributed by atoms with E-state index in [-0.39, 0.29) is 16.6 Å². The average molecular weight is 408 g/mol. The van der Waals surface area contributed by atoms with Crippen molar-refractivity contribution in [2.45, 2.75) is 11.8 Å². The molecule has 0 atom stereocenters. The Labute approximate surface area is 164 Å². The van der Waals surface area contributed by atoms with Gasteiger partial charge in [-0.2, -0.15) is 0 Å². The van der Waals surface area contributed by atoms with Crippen LogP contribution < -0.4 is 10.6 Å². The van der Waals surface area contributed by atoms with Gasteiger partial charge in [0.2, 0.25) is 0 Å². The molecule has 0 spiro atoms. The van der Waals surface area contributed by atoms with Gasteiger partial charge in [0.1, 0.15) is 11.6 Å². The number of hydrogen-bond donors (Lipinski definition) is 2. The molecule has 0 aliphatic heterocycles. The van der Waals surface area contributed by atoms with Crippen LogP contribution in [-0.4, -0.2) is 36.7 Å². The van der Waals surface area contributed by atoms with E-state index in [2.05, 4.69) is 10.6 Å². The number of benzene rings is 2. The van der Waals surface area contributed by atoms with Crippen molar-refractivity contribution >= 4 is 35.2 Å². The minimum atomic E-state index is -0.750. The normalized spacial score (nSPS) is 10.2. The largest absolute Gasteiger partial charge is 0.455 e. The molecular formula is C19H18F2N2O4S. The number of nitrogens with one attached hydrogen (secondary N) is 2. The molecule has 9 heteroatoms. The highest BCUT2D eigenvalue weighted by Crippen LogP contribution is 2.22. The van der Waals surface area contributed by atoms with Crippen LogP contribution in [0.3, 0.4) is 0 Å². The number of esters is 1. The van der Waals surface area contributed by atoms with Crippen LogP contribution in [0.1, 0.15) is 17.3 Å². The Bertz CT molecular complexity index is 877. The Hall–Kier alpha value is -2.94. The summed E-state index contributed by atoms with van der Waals surface area (Å²) in [5.74, 6) is -3.16. The molecule has 6 nitrogen and oxygen atoms in total. The molecule has 2 amide bonds. The van der Waals surface area contributed by atoms with Crippen LogP contribution in [0.4, 0.5) is 14.5 Å². The van der Waals surface area contributed by atoms with Gasteiger partial charge in [0.15, 0.2) is 6.61 Å². The number of thioether (sulfide) groups is 1. The smallest absolute Gasteiger partial charge is 0.316 e. The lowest BCUT2D eigenvalue weighted by atomic mass is 10.2. The van der Waals surface area contributed by atoms with Crippen LogP contribution in [0.5, 0.6) is 0 Å². The number of ether oxygens (including phenoxy) is 1. The average Bonchev–Trinajstić information content (AvgIpc) is 2.67. The number of anilines is 1. The van der Waals surface area contributed by atoms with E-state index in [1.807, 2.05) is 0 Å². The first-order valence-electron chi connectivity index (χ1n) is 8.30. The first-order chi connectivity index (χ1) is 13.4. The minimum absolute atomic E-state index is 0.0245. The molecule has 2 rings (SSSR count). The third kappa shape index (κ3) is 6.66. The Morgan fingerprint density at radius 3 is 2.64 bits per heavy atom. The molecule has 0 aromatic heterocycles. The van der Waals surface area contributed by atoms with Crippen LogP contribution in [0.25, 0.3) is 0 Å². The predicted molar refractivity (Wildman–Crippen MR) is 101 cm³/mol. The molecule has 0 saturated heterocycles.